The molecule has 0 bridgehead atoms. The molecule has 3 rings (SSSR count). The van der Waals surface area contributed by atoms with E-state index in [2.05, 4.69) is 24.8 Å². The van der Waals surface area contributed by atoms with Crippen molar-refractivity contribution in [1.29, 1.82) is 0 Å². The molecule has 2 aliphatic rings. The van der Waals surface area contributed by atoms with E-state index in [-0.39, 0.29) is 0 Å². The van der Waals surface area contributed by atoms with Crippen molar-refractivity contribution < 1.29 is 9.47 Å². The molecule has 2 saturated heterocycles. The van der Waals surface area contributed by atoms with Gasteiger partial charge in [0.15, 0.2) is 0 Å². The van der Waals surface area contributed by atoms with E-state index in [4.69, 9.17) is 15.3 Å². The van der Waals surface area contributed by atoms with Crippen molar-refractivity contribution in [1.82, 2.24) is 15.0 Å². The summed E-state index contributed by atoms with van der Waals surface area (Å²) in [7, 11) is 1.72. The second-order valence-corrected chi connectivity index (χ2v) is 5.05. The normalized spacial score (nSPS) is 19.7. The second kappa shape index (κ2) is 6.37. The van der Waals surface area contributed by atoms with Gasteiger partial charge in [-0.1, -0.05) is 0 Å². The zero-order valence-corrected chi connectivity index (χ0v) is 12.2. The smallest absolute Gasteiger partial charge is 0.246 e. The van der Waals surface area contributed by atoms with Gasteiger partial charge in [-0.05, 0) is 0 Å². The summed E-state index contributed by atoms with van der Waals surface area (Å²) in [5.74, 6) is 7.58. The average molecular weight is 295 g/mol. The molecule has 0 aliphatic carbocycles. The highest BCUT2D eigenvalue weighted by molar-refractivity contribution is 5.46. The van der Waals surface area contributed by atoms with Gasteiger partial charge in [-0.2, -0.15) is 15.0 Å². The number of nitrogens with two attached hydrogens (primary N) is 1. The maximum Gasteiger partial charge on any atom is 0.246 e. The summed E-state index contributed by atoms with van der Waals surface area (Å²) >= 11 is 0. The van der Waals surface area contributed by atoms with Gasteiger partial charge in [-0.3, -0.25) is 5.01 Å². The summed E-state index contributed by atoms with van der Waals surface area (Å²) in [4.78, 5) is 17.7. The Morgan fingerprint density at radius 2 is 1.29 bits per heavy atom. The monoisotopic (exact) mass is 295 g/mol. The lowest BCUT2D eigenvalue weighted by Gasteiger charge is -2.30. The van der Waals surface area contributed by atoms with Crippen LogP contribution >= 0.6 is 0 Å². The quantitative estimate of drug-likeness (QED) is 0.548. The molecule has 0 saturated carbocycles. The number of nitrogens with zero attached hydrogens (tertiary/aromatic N) is 6. The highest BCUT2D eigenvalue weighted by atomic mass is 16.5. The minimum Gasteiger partial charge on any atom is -0.378 e. The van der Waals surface area contributed by atoms with Gasteiger partial charge < -0.3 is 19.3 Å². The molecule has 21 heavy (non-hydrogen) atoms. The van der Waals surface area contributed by atoms with Crippen molar-refractivity contribution in [2.75, 3.05) is 74.5 Å². The summed E-state index contributed by atoms with van der Waals surface area (Å²) in [6.45, 7) is 5.86. The molecular weight excluding hydrogens is 274 g/mol. The molecule has 116 valence electrons. The lowest BCUT2D eigenvalue weighted by atomic mass is 10.4. The summed E-state index contributed by atoms with van der Waals surface area (Å²) < 4.78 is 10.7. The Hall–Kier alpha value is -1.71. The zero-order valence-electron chi connectivity index (χ0n) is 12.2. The standard InChI is InChI=1S/C12H21N7O2/c1-17(13)10-14-11(18-2-6-20-7-3-18)16-12(15-10)19-4-8-21-9-5-19/h2-9,13H2,1H3. The van der Waals surface area contributed by atoms with E-state index in [1.807, 2.05) is 0 Å². The molecule has 1 aromatic heterocycles. The lowest BCUT2D eigenvalue weighted by molar-refractivity contribution is 0.121. The Labute approximate surface area is 123 Å². The summed E-state index contributed by atoms with van der Waals surface area (Å²) in [5.41, 5.74) is 0. The Morgan fingerprint density at radius 3 is 1.67 bits per heavy atom. The largest absolute Gasteiger partial charge is 0.378 e. The summed E-state index contributed by atoms with van der Waals surface area (Å²) in [6, 6.07) is 0. The maximum absolute atomic E-state index is 5.80. The Balaban J connectivity index is 1.89. The number of aromatic nitrogens is 3. The predicted molar refractivity (Wildman–Crippen MR) is 78.5 cm³/mol. The fourth-order valence-electron chi connectivity index (χ4n) is 2.31. The van der Waals surface area contributed by atoms with Crippen LogP contribution in [0, 0.1) is 0 Å². The molecule has 2 fully saturated rings. The van der Waals surface area contributed by atoms with Crippen molar-refractivity contribution in [3.05, 3.63) is 0 Å². The molecule has 3 heterocycles. The molecule has 1 aromatic rings. The van der Waals surface area contributed by atoms with Crippen LogP contribution in [0.5, 0.6) is 0 Å². The van der Waals surface area contributed by atoms with Crippen LogP contribution in [0.2, 0.25) is 0 Å². The van der Waals surface area contributed by atoms with Crippen LogP contribution in [0.1, 0.15) is 0 Å². The van der Waals surface area contributed by atoms with Crippen LogP contribution in [-0.4, -0.2) is 74.6 Å². The van der Waals surface area contributed by atoms with E-state index in [1.54, 1.807) is 7.05 Å². The van der Waals surface area contributed by atoms with Gasteiger partial charge in [0.2, 0.25) is 17.8 Å². The van der Waals surface area contributed by atoms with E-state index in [0.29, 0.717) is 44.3 Å². The molecule has 9 nitrogen and oxygen atoms in total. The minimum atomic E-state index is 0.466. The highest BCUT2D eigenvalue weighted by Crippen LogP contribution is 2.19. The van der Waals surface area contributed by atoms with Crippen molar-refractivity contribution in [3.8, 4) is 0 Å². The number of hydrogen-bond donors (Lipinski definition) is 1. The van der Waals surface area contributed by atoms with E-state index < -0.39 is 0 Å². The Morgan fingerprint density at radius 1 is 0.857 bits per heavy atom. The van der Waals surface area contributed by atoms with Crippen LogP contribution in [0.15, 0.2) is 0 Å². The Bertz CT molecular complexity index is 436. The van der Waals surface area contributed by atoms with Gasteiger partial charge in [0.25, 0.3) is 0 Å². The molecule has 9 heteroatoms. The molecular formula is C12H21N7O2. The van der Waals surface area contributed by atoms with Gasteiger partial charge >= 0.3 is 0 Å². The van der Waals surface area contributed by atoms with Crippen molar-refractivity contribution in [2.24, 2.45) is 5.84 Å². The first-order chi connectivity index (χ1) is 10.2. The number of rotatable bonds is 3. The molecule has 2 N–H and O–H groups in total. The Kier molecular flexibility index (Phi) is 4.32. The van der Waals surface area contributed by atoms with E-state index >= 15 is 0 Å². The van der Waals surface area contributed by atoms with Gasteiger partial charge in [-0.15, -0.1) is 0 Å². The third-order valence-corrected chi connectivity index (χ3v) is 3.50. The third-order valence-electron chi connectivity index (χ3n) is 3.50. The van der Waals surface area contributed by atoms with E-state index in [9.17, 15) is 0 Å². The second-order valence-electron chi connectivity index (χ2n) is 5.05. The minimum absolute atomic E-state index is 0.466. The SMILES string of the molecule is CN(N)c1nc(N2CCOCC2)nc(N2CCOCC2)n1. The summed E-state index contributed by atoms with van der Waals surface area (Å²) in [6.07, 6.45) is 0. The van der Waals surface area contributed by atoms with Crippen LogP contribution in [-0.2, 0) is 9.47 Å². The molecule has 0 radical (unpaired) electrons. The number of morpholine rings is 2. The zero-order chi connectivity index (χ0) is 14.7. The number of anilines is 3. The molecule has 0 unspecified atom stereocenters. The fourth-order valence-corrected chi connectivity index (χ4v) is 2.31. The lowest BCUT2D eigenvalue weighted by Crippen LogP contribution is -2.40. The van der Waals surface area contributed by atoms with E-state index in [0.717, 1.165) is 26.2 Å². The first kappa shape index (κ1) is 14.2. The van der Waals surface area contributed by atoms with Crippen LogP contribution in [0.4, 0.5) is 17.8 Å². The third kappa shape index (κ3) is 3.31. The number of hydrogen-bond acceptors (Lipinski definition) is 9. The van der Waals surface area contributed by atoms with Crippen LogP contribution in [0.25, 0.3) is 0 Å². The number of ether oxygens (including phenoxy) is 2. The number of hydrazine groups is 1. The molecule has 0 amide bonds. The topological polar surface area (TPSA) is 92.9 Å². The molecule has 0 atom stereocenters. The van der Waals surface area contributed by atoms with Gasteiger partial charge in [0, 0.05) is 33.2 Å². The van der Waals surface area contributed by atoms with Crippen molar-refractivity contribution >= 4 is 17.8 Å². The first-order valence-electron chi connectivity index (χ1n) is 7.14. The van der Waals surface area contributed by atoms with E-state index in [1.165, 1.54) is 5.01 Å². The highest BCUT2D eigenvalue weighted by Gasteiger charge is 2.21. The maximum atomic E-state index is 5.80. The fraction of sp³-hybridized carbons (Fsp3) is 0.750. The van der Waals surface area contributed by atoms with Crippen molar-refractivity contribution in [3.63, 3.8) is 0 Å². The first-order valence-corrected chi connectivity index (χ1v) is 7.14. The van der Waals surface area contributed by atoms with Crippen molar-refractivity contribution in [2.45, 2.75) is 0 Å². The molecule has 0 spiro atoms. The molecule has 0 aromatic carbocycles. The van der Waals surface area contributed by atoms with Gasteiger partial charge in [0.05, 0.1) is 26.4 Å². The summed E-state index contributed by atoms with van der Waals surface area (Å²) in [5, 5.41) is 1.41. The molecule has 2 aliphatic heterocycles. The van der Waals surface area contributed by atoms with Crippen LogP contribution < -0.4 is 20.7 Å². The average Bonchev–Trinajstić information content (AvgIpc) is 2.56. The predicted octanol–water partition coefficient (Wildman–Crippen LogP) is -1.15. The van der Waals surface area contributed by atoms with Crippen LogP contribution in [0.3, 0.4) is 0 Å². The van der Waals surface area contributed by atoms with Gasteiger partial charge in [-0.25, -0.2) is 5.84 Å². The van der Waals surface area contributed by atoms with Gasteiger partial charge in [0.1, 0.15) is 0 Å².